The number of halogens is 1. The summed E-state index contributed by atoms with van der Waals surface area (Å²) in [4.78, 5) is 4.88. The molecule has 114 valence electrons. The molecule has 2 fully saturated rings. The van der Waals surface area contributed by atoms with Gasteiger partial charge in [0, 0.05) is 30.7 Å². The first-order chi connectivity index (χ1) is 10.7. The molecule has 3 heterocycles. The maximum atomic E-state index is 6.23. The number of piperazine rings is 1. The number of anilines is 1. The fourth-order valence-electron chi connectivity index (χ4n) is 3.61. The first kappa shape index (κ1) is 14.0. The van der Waals surface area contributed by atoms with Gasteiger partial charge in [-0.2, -0.15) is 0 Å². The highest BCUT2D eigenvalue weighted by atomic mass is 35.5. The number of aromatic nitrogens is 2. The number of benzene rings is 1. The Labute approximate surface area is 135 Å². The van der Waals surface area contributed by atoms with Gasteiger partial charge in [-0.05, 0) is 38.1 Å². The van der Waals surface area contributed by atoms with Crippen molar-refractivity contribution in [1.82, 2.24) is 15.1 Å². The molecule has 0 N–H and O–H groups in total. The van der Waals surface area contributed by atoms with E-state index in [0.717, 1.165) is 30.2 Å². The van der Waals surface area contributed by atoms with Crippen LogP contribution < -0.4 is 4.90 Å². The summed E-state index contributed by atoms with van der Waals surface area (Å²) >= 11 is 6.23. The molecule has 2 unspecified atom stereocenters. The molecule has 4 nitrogen and oxygen atoms in total. The molecule has 5 heteroatoms. The summed E-state index contributed by atoms with van der Waals surface area (Å²) in [6, 6.07) is 13.1. The van der Waals surface area contributed by atoms with Crippen LogP contribution in [0.15, 0.2) is 36.4 Å². The predicted molar refractivity (Wildman–Crippen MR) is 89.3 cm³/mol. The smallest absolute Gasteiger partial charge is 0.151 e. The normalized spacial score (nSPS) is 24.7. The summed E-state index contributed by atoms with van der Waals surface area (Å²) in [7, 11) is 2.24. The molecule has 0 spiro atoms. The molecule has 0 radical (unpaired) electrons. The maximum absolute atomic E-state index is 6.23. The molecule has 0 aliphatic carbocycles. The Hall–Kier alpha value is -1.65. The van der Waals surface area contributed by atoms with Gasteiger partial charge in [-0.25, -0.2) is 0 Å². The summed E-state index contributed by atoms with van der Waals surface area (Å²) in [6.45, 7) is 2.10. The van der Waals surface area contributed by atoms with E-state index in [1.807, 2.05) is 30.3 Å². The van der Waals surface area contributed by atoms with Crippen LogP contribution in [0.1, 0.15) is 12.8 Å². The van der Waals surface area contributed by atoms with E-state index in [9.17, 15) is 0 Å². The van der Waals surface area contributed by atoms with Gasteiger partial charge in [0.1, 0.15) is 0 Å². The van der Waals surface area contributed by atoms with E-state index < -0.39 is 0 Å². The zero-order valence-corrected chi connectivity index (χ0v) is 13.4. The number of hydrogen-bond donors (Lipinski definition) is 0. The Morgan fingerprint density at radius 3 is 2.36 bits per heavy atom. The van der Waals surface area contributed by atoms with Gasteiger partial charge in [-0.1, -0.05) is 29.8 Å². The van der Waals surface area contributed by atoms with Gasteiger partial charge >= 0.3 is 0 Å². The lowest BCUT2D eigenvalue weighted by Gasteiger charge is -2.39. The molecule has 2 bridgehead atoms. The highest BCUT2D eigenvalue weighted by Gasteiger charge is 2.37. The largest absolute Gasteiger partial charge is 0.352 e. The zero-order valence-electron chi connectivity index (χ0n) is 12.6. The third kappa shape index (κ3) is 2.36. The Morgan fingerprint density at radius 2 is 1.73 bits per heavy atom. The van der Waals surface area contributed by atoms with E-state index in [4.69, 9.17) is 11.6 Å². The second-order valence-corrected chi connectivity index (χ2v) is 6.62. The van der Waals surface area contributed by atoms with Crippen LogP contribution in [0.2, 0.25) is 5.02 Å². The van der Waals surface area contributed by atoms with Gasteiger partial charge < -0.3 is 4.90 Å². The molecule has 2 saturated heterocycles. The van der Waals surface area contributed by atoms with Crippen LogP contribution in [0.3, 0.4) is 0 Å². The Balaban J connectivity index is 1.57. The van der Waals surface area contributed by atoms with Crippen molar-refractivity contribution in [2.45, 2.75) is 24.9 Å². The van der Waals surface area contributed by atoms with Gasteiger partial charge in [0.25, 0.3) is 0 Å². The molecule has 1 aromatic carbocycles. The van der Waals surface area contributed by atoms with Gasteiger partial charge in [0.05, 0.1) is 10.7 Å². The van der Waals surface area contributed by atoms with E-state index >= 15 is 0 Å². The highest BCUT2D eigenvalue weighted by Crippen LogP contribution is 2.31. The average molecular weight is 315 g/mol. The quantitative estimate of drug-likeness (QED) is 0.852. The van der Waals surface area contributed by atoms with Crippen LogP contribution in [-0.4, -0.2) is 47.3 Å². The van der Waals surface area contributed by atoms with E-state index in [-0.39, 0.29) is 0 Å². The van der Waals surface area contributed by atoms with E-state index in [1.165, 1.54) is 12.8 Å². The van der Waals surface area contributed by atoms with Crippen LogP contribution in [0.25, 0.3) is 11.3 Å². The SMILES string of the molecule is CN1C2CCC1CN(c1ccc(-c3ccccc3Cl)nn1)C2. The fourth-order valence-corrected chi connectivity index (χ4v) is 3.84. The number of fused-ring (bicyclic) bond motifs is 2. The lowest BCUT2D eigenvalue weighted by atomic mass is 10.1. The molecule has 0 saturated carbocycles. The second-order valence-electron chi connectivity index (χ2n) is 6.21. The standard InChI is InChI=1S/C17H19ClN4/c1-21-12-6-7-13(21)11-22(10-12)17-9-8-16(19-20-17)14-4-2-3-5-15(14)18/h2-5,8-9,12-13H,6-7,10-11H2,1H3. The molecule has 2 aliphatic rings. The first-order valence-electron chi connectivity index (χ1n) is 7.78. The molecular formula is C17H19ClN4. The monoisotopic (exact) mass is 314 g/mol. The summed E-state index contributed by atoms with van der Waals surface area (Å²) in [6.07, 6.45) is 2.59. The summed E-state index contributed by atoms with van der Waals surface area (Å²) in [5.74, 6) is 0.973. The van der Waals surface area contributed by atoms with Crippen LogP contribution in [0.5, 0.6) is 0 Å². The summed E-state index contributed by atoms with van der Waals surface area (Å²) in [5.41, 5.74) is 1.76. The number of rotatable bonds is 2. The van der Waals surface area contributed by atoms with Crippen molar-refractivity contribution in [2.24, 2.45) is 0 Å². The minimum atomic E-state index is 0.656. The van der Waals surface area contributed by atoms with E-state index in [0.29, 0.717) is 17.1 Å². The number of hydrogen-bond acceptors (Lipinski definition) is 4. The Morgan fingerprint density at radius 1 is 1.00 bits per heavy atom. The van der Waals surface area contributed by atoms with Gasteiger partial charge in [0.15, 0.2) is 5.82 Å². The summed E-state index contributed by atoms with van der Waals surface area (Å²) in [5, 5.41) is 9.54. The van der Waals surface area contributed by atoms with Crippen LogP contribution >= 0.6 is 11.6 Å². The molecule has 2 aromatic rings. The van der Waals surface area contributed by atoms with Crippen LogP contribution in [0, 0.1) is 0 Å². The third-order valence-corrected chi connectivity index (χ3v) is 5.30. The first-order valence-corrected chi connectivity index (χ1v) is 8.15. The van der Waals surface area contributed by atoms with E-state index in [1.54, 1.807) is 0 Å². The topological polar surface area (TPSA) is 32.3 Å². The van der Waals surface area contributed by atoms with Crippen molar-refractivity contribution in [3.8, 4) is 11.3 Å². The van der Waals surface area contributed by atoms with Gasteiger partial charge in [-0.15, -0.1) is 10.2 Å². The predicted octanol–water partition coefficient (Wildman–Crippen LogP) is 3.08. The van der Waals surface area contributed by atoms with Crippen LogP contribution in [0.4, 0.5) is 5.82 Å². The van der Waals surface area contributed by atoms with Crippen molar-refractivity contribution in [3.63, 3.8) is 0 Å². The third-order valence-electron chi connectivity index (χ3n) is 4.97. The molecule has 4 rings (SSSR count). The highest BCUT2D eigenvalue weighted by molar-refractivity contribution is 6.33. The molecule has 2 aliphatic heterocycles. The summed E-state index contributed by atoms with van der Waals surface area (Å²) < 4.78 is 0. The zero-order chi connectivity index (χ0) is 15.1. The van der Waals surface area contributed by atoms with Crippen molar-refractivity contribution in [3.05, 3.63) is 41.4 Å². The van der Waals surface area contributed by atoms with Gasteiger partial charge in [-0.3, -0.25) is 4.90 Å². The molecule has 2 atom stereocenters. The molecular weight excluding hydrogens is 296 g/mol. The van der Waals surface area contributed by atoms with Crippen molar-refractivity contribution in [1.29, 1.82) is 0 Å². The van der Waals surface area contributed by atoms with Crippen molar-refractivity contribution < 1.29 is 0 Å². The molecule has 0 amide bonds. The average Bonchev–Trinajstić information content (AvgIpc) is 2.76. The van der Waals surface area contributed by atoms with Crippen LogP contribution in [-0.2, 0) is 0 Å². The lowest BCUT2D eigenvalue weighted by Crippen LogP contribution is -2.52. The maximum Gasteiger partial charge on any atom is 0.151 e. The van der Waals surface area contributed by atoms with E-state index in [2.05, 4.69) is 33.1 Å². The minimum absolute atomic E-state index is 0.656. The lowest BCUT2D eigenvalue weighted by molar-refractivity contribution is 0.211. The van der Waals surface area contributed by atoms with Crippen molar-refractivity contribution >= 4 is 17.4 Å². The number of likely N-dealkylation sites (N-methyl/N-ethyl adjacent to an activating group) is 1. The molecule has 22 heavy (non-hydrogen) atoms. The van der Waals surface area contributed by atoms with Crippen molar-refractivity contribution in [2.75, 3.05) is 25.0 Å². The number of nitrogens with zero attached hydrogens (tertiary/aromatic N) is 4. The molecule has 1 aromatic heterocycles. The fraction of sp³-hybridized carbons (Fsp3) is 0.412. The Bertz CT molecular complexity index is 659. The minimum Gasteiger partial charge on any atom is -0.352 e. The van der Waals surface area contributed by atoms with Gasteiger partial charge in [0.2, 0.25) is 0 Å². The Kier molecular flexibility index (Phi) is 3.51. The second kappa shape index (κ2) is 5.52.